The highest BCUT2D eigenvalue weighted by Crippen LogP contribution is 2.21. The van der Waals surface area contributed by atoms with Gasteiger partial charge in [0.15, 0.2) is 0 Å². The Hall–Kier alpha value is -3.97. The number of benzene rings is 3. The maximum Gasteiger partial charge on any atom is 0.318 e. The van der Waals surface area contributed by atoms with Gasteiger partial charge in [0.25, 0.3) is 5.56 Å². The van der Waals surface area contributed by atoms with Crippen LogP contribution in [-0.2, 0) is 24.2 Å². The van der Waals surface area contributed by atoms with Crippen LogP contribution in [-0.4, -0.2) is 40.7 Å². The Morgan fingerprint density at radius 1 is 0.972 bits per heavy atom. The van der Waals surface area contributed by atoms with Crippen LogP contribution in [0.5, 0.6) is 0 Å². The fraction of sp³-hybridized carbons (Fsp3) is 0.276. The molecule has 0 aliphatic heterocycles. The summed E-state index contributed by atoms with van der Waals surface area (Å²) in [5.74, 6) is 0.540. The van der Waals surface area contributed by atoms with Crippen molar-refractivity contribution < 1.29 is 9.53 Å². The van der Waals surface area contributed by atoms with Gasteiger partial charge in [0.2, 0.25) is 0 Å². The van der Waals surface area contributed by atoms with Crippen molar-refractivity contribution >= 4 is 16.9 Å². The quantitative estimate of drug-likeness (QED) is 0.358. The molecule has 7 heteroatoms. The van der Waals surface area contributed by atoms with Crippen LogP contribution in [0.25, 0.3) is 10.9 Å². The smallest absolute Gasteiger partial charge is 0.318 e. The van der Waals surface area contributed by atoms with Crippen LogP contribution in [0.3, 0.4) is 0 Å². The molecule has 1 aromatic heterocycles. The van der Waals surface area contributed by atoms with Gasteiger partial charge in [0.05, 0.1) is 30.1 Å². The van der Waals surface area contributed by atoms with Gasteiger partial charge >= 0.3 is 6.03 Å². The summed E-state index contributed by atoms with van der Waals surface area (Å²) in [7, 11) is 1.60. The lowest BCUT2D eigenvalue weighted by Crippen LogP contribution is -2.44. The first-order chi connectivity index (χ1) is 17.6. The number of carbonyl (C=O) groups excluding carboxylic acids is 1. The number of carbonyl (C=O) groups is 1. The Morgan fingerprint density at radius 3 is 2.31 bits per heavy atom. The van der Waals surface area contributed by atoms with Gasteiger partial charge in [-0.1, -0.05) is 72.8 Å². The van der Waals surface area contributed by atoms with E-state index in [0.717, 1.165) is 11.1 Å². The van der Waals surface area contributed by atoms with Crippen LogP contribution >= 0.6 is 0 Å². The first kappa shape index (κ1) is 25.1. The summed E-state index contributed by atoms with van der Waals surface area (Å²) in [6.45, 7) is 3.52. The SMILES string of the molecule is COCCn1c(C(C)N(CCc2ccccc2)C(=O)NCc2ccccc2)nc2ccccc2c1=O. The zero-order chi connectivity index (χ0) is 25.3. The summed E-state index contributed by atoms with van der Waals surface area (Å²) >= 11 is 0. The molecule has 1 unspecified atom stereocenters. The molecular formula is C29H32N4O3. The summed E-state index contributed by atoms with van der Waals surface area (Å²) in [5.41, 5.74) is 2.63. The highest BCUT2D eigenvalue weighted by Gasteiger charge is 2.26. The molecule has 4 aromatic rings. The van der Waals surface area contributed by atoms with E-state index in [4.69, 9.17) is 9.72 Å². The number of fused-ring (bicyclic) bond motifs is 1. The van der Waals surface area contributed by atoms with E-state index >= 15 is 0 Å². The van der Waals surface area contributed by atoms with Crippen LogP contribution in [0.15, 0.2) is 89.7 Å². The van der Waals surface area contributed by atoms with Crippen molar-refractivity contribution in [2.75, 3.05) is 20.3 Å². The third kappa shape index (κ3) is 5.98. The number of hydrogen-bond donors (Lipinski definition) is 1. The molecule has 2 amide bonds. The third-order valence-corrected chi connectivity index (χ3v) is 6.28. The van der Waals surface area contributed by atoms with Crippen molar-refractivity contribution in [3.8, 4) is 0 Å². The van der Waals surface area contributed by atoms with E-state index in [9.17, 15) is 9.59 Å². The Kier molecular flexibility index (Phi) is 8.47. The standard InChI is InChI=1S/C29H32N4O3/c1-22(27-31-26-16-10-9-15-25(26)28(34)33(27)19-20-36-2)32(18-17-23-11-5-3-6-12-23)29(35)30-21-24-13-7-4-8-14-24/h3-16,22H,17-21H2,1-2H3,(H,30,35). The number of rotatable bonds is 10. The third-order valence-electron chi connectivity index (χ3n) is 6.28. The highest BCUT2D eigenvalue weighted by atomic mass is 16.5. The summed E-state index contributed by atoms with van der Waals surface area (Å²) in [5, 5.41) is 3.60. The number of urea groups is 1. The largest absolute Gasteiger partial charge is 0.383 e. The summed E-state index contributed by atoms with van der Waals surface area (Å²) in [6, 6.07) is 26.5. The zero-order valence-corrected chi connectivity index (χ0v) is 20.8. The van der Waals surface area contributed by atoms with Crippen molar-refractivity contribution in [1.29, 1.82) is 0 Å². The molecule has 1 heterocycles. The molecule has 36 heavy (non-hydrogen) atoms. The van der Waals surface area contributed by atoms with Crippen molar-refractivity contribution in [1.82, 2.24) is 19.8 Å². The molecule has 7 nitrogen and oxygen atoms in total. The predicted octanol–water partition coefficient (Wildman–Crippen LogP) is 4.56. The Labute approximate surface area is 211 Å². The second-order valence-corrected chi connectivity index (χ2v) is 8.69. The number of para-hydroxylation sites is 1. The number of aromatic nitrogens is 2. The molecule has 0 spiro atoms. The lowest BCUT2D eigenvalue weighted by Gasteiger charge is -2.31. The first-order valence-corrected chi connectivity index (χ1v) is 12.2. The lowest BCUT2D eigenvalue weighted by molar-refractivity contribution is 0.167. The van der Waals surface area contributed by atoms with Gasteiger partial charge < -0.3 is 15.0 Å². The fourth-order valence-corrected chi connectivity index (χ4v) is 4.28. The van der Waals surface area contributed by atoms with Crippen molar-refractivity contribution in [2.45, 2.75) is 32.5 Å². The predicted molar refractivity (Wildman–Crippen MR) is 142 cm³/mol. The average molecular weight is 485 g/mol. The van der Waals surface area contributed by atoms with Gasteiger partial charge in [-0.3, -0.25) is 9.36 Å². The van der Waals surface area contributed by atoms with E-state index in [0.29, 0.717) is 49.4 Å². The van der Waals surface area contributed by atoms with Crippen LogP contribution in [0.2, 0.25) is 0 Å². The molecule has 3 aromatic carbocycles. The molecule has 0 aliphatic rings. The minimum absolute atomic E-state index is 0.132. The minimum atomic E-state index is -0.446. The Bertz CT molecular complexity index is 1340. The molecular weight excluding hydrogens is 452 g/mol. The number of ether oxygens (including phenoxy) is 1. The number of hydrogen-bond acceptors (Lipinski definition) is 4. The Balaban J connectivity index is 1.67. The molecule has 0 bridgehead atoms. The van der Waals surface area contributed by atoms with E-state index in [2.05, 4.69) is 5.32 Å². The molecule has 4 rings (SSSR count). The van der Waals surface area contributed by atoms with Crippen LogP contribution in [0, 0.1) is 0 Å². The van der Waals surface area contributed by atoms with Gasteiger partial charge in [0, 0.05) is 20.2 Å². The molecule has 0 aliphatic carbocycles. The normalized spacial score (nSPS) is 11.8. The van der Waals surface area contributed by atoms with Gasteiger partial charge in [-0.25, -0.2) is 9.78 Å². The van der Waals surface area contributed by atoms with Crippen LogP contribution in [0.4, 0.5) is 4.79 Å². The second kappa shape index (κ2) is 12.1. The summed E-state index contributed by atoms with van der Waals surface area (Å²) in [6.07, 6.45) is 0.680. The van der Waals surface area contributed by atoms with Gasteiger partial charge in [-0.05, 0) is 36.6 Å². The van der Waals surface area contributed by atoms with E-state index in [1.807, 2.05) is 85.8 Å². The maximum atomic E-state index is 13.5. The Morgan fingerprint density at radius 2 is 1.61 bits per heavy atom. The zero-order valence-electron chi connectivity index (χ0n) is 20.8. The highest BCUT2D eigenvalue weighted by molar-refractivity contribution is 5.78. The number of amides is 2. The average Bonchev–Trinajstić information content (AvgIpc) is 2.92. The first-order valence-electron chi connectivity index (χ1n) is 12.2. The molecule has 186 valence electrons. The summed E-state index contributed by atoms with van der Waals surface area (Å²) in [4.78, 5) is 33.5. The molecule has 0 saturated heterocycles. The van der Waals surface area contributed by atoms with Gasteiger partial charge in [-0.2, -0.15) is 0 Å². The minimum Gasteiger partial charge on any atom is -0.383 e. The molecule has 0 saturated carbocycles. The van der Waals surface area contributed by atoms with Gasteiger partial charge in [0.1, 0.15) is 5.82 Å². The van der Waals surface area contributed by atoms with Crippen molar-refractivity contribution in [2.24, 2.45) is 0 Å². The molecule has 0 radical (unpaired) electrons. The van der Waals surface area contributed by atoms with Crippen molar-refractivity contribution in [3.63, 3.8) is 0 Å². The fourth-order valence-electron chi connectivity index (χ4n) is 4.28. The number of methoxy groups -OCH3 is 1. The van der Waals surface area contributed by atoms with E-state index in [1.54, 1.807) is 22.6 Å². The lowest BCUT2D eigenvalue weighted by atomic mass is 10.1. The maximum absolute atomic E-state index is 13.5. The number of nitrogens with one attached hydrogen (secondary N) is 1. The molecule has 1 N–H and O–H groups in total. The topological polar surface area (TPSA) is 76.5 Å². The van der Waals surface area contributed by atoms with Crippen LogP contribution in [0.1, 0.15) is 29.9 Å². The van der Waals surface area contributed by atoms with E-state index < -0.39 is 6.04 Å². The van der Waals surface area contributed by atoms with Gasteiger partial charge in [-0.15, -0.1) is 0 Å². The van der Waals surface area contributed by atoms with E-state index in [-0.39, 0.29) is 11.6 Å². The van der Waals surface area contributed by atoms with Crippen LogP contribution < -0.4 is 10.9 Å². The summed E-state index contributed by atoms with van der Waals surface area (Å²) < 4.78 is 6.90. The van der Waals surface area contributed by atoms with Crippen molar-refractivity contribution in [3.05, 3.63) is 112 Å². The monoisotopic (exact) mass is 484 g/mol. The molecule has 1 atom stereocenters. The number of nitrogens with zero attached hydrogens (tertiary/aromatic N) is 3. The van der Waals surface area contributed by atoms with E-state index in [1.165, 1.54) is 0 Å². The second-order valence-electron chi connectivity index (χ2n) is 8.69. The molecule has 0 fully saturated rings.